The topological polar surface area (TPSA) is 53.7 Å². The number of hydrogen-bond donors (Lipinski definition) is 1. The molecule has 0 saturated carbocycles. The van der Waals surface area contributed by atoms with E-state index in [9.17, 15) is 0 Å². The van der Waals surface area contributed by atoms with Crippen molar-refractivity contribution < 1.29 is 14.3 Å². The first-order chi connectivity index (χ1) is 10.0. The highest BCUT2D eigenvalue weighted by Gasteiger charge is 2.10. The van der Waals surface area contributed by atoms with E-state index in [1.54, 1.807) is 12.1 Å². The molecular formula is C13H15Cl4NO3. The molecule has 1 rings (SSSR count). The maximum atomic E-state index is 6.11. The summed E-state index contributed by atoms with van der Waals surface area (Å²) in [6, 6.07) is 3.23. The number of rotatable bonds is 9. The van der Waals surface area contributed by atoms with Crippen molar-refractivity contribution in [3.8, 4) is 11.5 Å². The van der Waals surface area contributed by atoms with Crippen LogP contribution in [0.1, 0.15) is 12.8 Å². The highest BCUT2D eigenvalue weighted by atomic mass is 35.5. The van der Waals surface area contributed by atoms with Gasteiger partial charge in [0.25, 0.3) is 0 Å². The molecule has 0 aromatic heterocycles. The van der Waals surface area contributed by atoms with E-state index in [1.807, 2.05) is 0 Å². The Hall–Kier alpha value is -0.360. The van der Waals surface area contributed by atoms with E-state index < -0.39 is 0 Å². The zero-order chi connectivity index (χ0) is 15.7. The van der Waals surface area contributed by atoms with Crippen LogP contribution in [-0.4, -0.2) is 19.8 Å². The second-order valence-electron chi connectivity index (χ2n) is 3.95. The van der Waals surface area contributed by atoms with Crippen LogP contribution in [0.3, 0.4) is 0 Å². The minimum atomic E-state index is 0.133. The SMILES string of the molecule is NOCCCCOc1c(Cl)cc(OCC=C(Cl)Cl)cc1Cl. The highest BCUT2D eigenvalue weighted by Crippen LogP contribution is 2.37. The van der Waals surface area contributed by atoms with Crippen molar-refractivity contribution in [3.63, 3.8) is 0 Å². The van der Waals surface area contributed by atoms with Gasteiger partial charge in [0, 0.05) is 12.1 Å². The molecule has 118 valence electrons. The summed E-state index contributed by atoms with van der Waals surface area (Å²) in [5.41, 5.74) is 0. The highest BCUT2D eigenvalue weighted by molar-refractivity contribution is 6.55. The van der Waals surface area contributed by atoms with Crippen LogP contribution in [0.4, 0.5) is 0 Å². The Morgan fingerprint density at radius 2 is 1.67 bits per heavy atom. The van der Waals surface area contributed by atoms with Crippen molar-refractivity contribution in [2.45, 2.75) is 12.8 Å². The standard InChI is InChI=1S/C13H15Cl4NO3/c14-10-7-9(19-6-3-12(16)17)8-11(15)13(10)20-4-1-2-5-21-18/h3,7-8H,1-2,4-6,18H2. The summed E-state index contributed by atoms with van der Waals surface area (Å²) in [5.74, 6) is 5.85. The molecule has 0 radical (unpaired) electrons. The van der Waals surface area contributed by atoms with Crippen LogP contribution in [-0.2, 0) is 4.84 Å². The normalized spacial score (nSPS) is 10.3. The van der Waals surface area contributed by atoms with Gasteiger partial charge in [0.2, 0.25) is 0 Å². The van der Waals surface area contributed by atoms with Crippen LogP contribution >= 0.6 is 46.4 Å². The van der Waals surface area contributed by atoms with E-state index in [-0.39, 0.29) is 11.1 Å². The third kappa shape index (κ3) is 7.45. The van der Waals surface area contributed by atoms with E-state index in [4.69, 9.17) is 61.8 Å². The van der Waals surface area contributed by atoms with Crippen LogP contribution in [0.5, 0.6) is 11.5 Å². The molecule has 0 amide bonds. The predicted octanol–water partition coefficient (Wildman–Crippen LogP) is 4.74. The van der Waals surface area contributed by atoms with Crippen molar-refractivity contribution in [1.29, 1.82) is 0 Å². The molecule has 1 aromatic rings. The molecule has 2 N–H and O–H groups in total. The molecule has 0 spiro atoms. The number of benzene rings is 1. The van der Waals surface area contributed by atoms with E-state index in [0.29, 0.717) is 34.8 Å². The molecule has 0 aliphatic carbocycles. The maximum Gasteiger partial charge on any atom is 0.156 e. The Morgan fingerprint density at radius 1 is 1.05 bits per heavy atom. The van der Waals surface area contributed by atoms with Gasteiger partial charge < -0.3 is 14.3 Å². The maximum absolute atomic E-state index is 6.11. The first-order valence-electron chi connectivity index (χ1n) is 6.12. The van der Waals surface area contributed by atoms with Gasteiger partial charge in [-0.05, 0) is 18.9 Å². The summed E-state index contributed by atoms with van der Waals surface area (Å²) in [4.78, 5) is 4.46. The van der Waals surface area contributed by atoms with Gasteiger partial charge in [-0.25, -0.2) is 5.90 Å². The van der Waals surface area contributed by atoms with Gasteiger partial charge in [0.1, 0.15) is 16.8 Å². The van der Waals surface area contributed by atoms with Gasteiger partial charge in [-0.3, -0.25) is 0 Å². The van der Waals surface area contributed by atoms with Crippen molar-refractivity contribution in [1.82, 2.24) is 0 Å². The van der Waals surface area contributed by atoms with Gasteiger partial charge in [-0.15, -0.1) is 0 Å². The number of halogens is 4. The molecule has 0 aliphatic rings. The molecule has 0 saturated heterocycles. The summed E-state index contributed by atoms with van der Waals surface area (Å²) < 4.78 is 11.1. The second kappa shape index (κ2) is 10.4. The summed E-state index contributed by atoms with van der Waals surface area (Å²) in [6.07, 6.45) is 3.08. The van der Waals surface area contributed by atoms with Gasteiger partial charge in [0.15, 0.2) is 5.75 Å². The van der Waals surface area contributed by atoms with Crippen LogP contribution in [0.2, 0.25) is 10.0 Å². The third-order valence-corrected chi connectivity index (χ3v) is 3.23. The number of nitrogens with two attached hydrogens (primary N) is 1. The van der Waals surface area contributed by atoms with Crippen molar-refractivity contribution in [2.75, 3.05) is 19.8 Å². The van der Waals surface area contributed by atoms with Gasteiger partial charge in [-0.2, -0.15) is 0 Å². The van der Waals surface area contributed by atoms with E-state index in [2.05, 4.69) is 4.84 Å². The van der Waals surface area contributed by atoms with E-state index >= 15 is 0 Å². The van der Waals surface area contributed by atoms with E-state index in [0.717, 1.165) is 12.8 Å². The molecule has 1 aromatic carbocycles. The molecule has 0 unspecified atom stereocenters. The zero-order valence-corrected chi connectivity index (χ0v) is 14.1. The van der Waals surface area contributed by atoms with Crippen LogP contribution in [0.15, 0.2) is 22.7 Å². The average molecular weight is 375 g/mol. The van der Waals surface area contributed by atoms with Gasteiger partial charge in [0.05, 0.1) is 23.3 Å². The largest absolute Gasteiger partial charge is 0.490 e. The van der Waals surface area contributed by atoms with Crippen LogP contribution < -0.4 is 15.4 Å². The number of hydrogen-bond acceptors (Lipinski definition) is 4. The molecule has 0 bridgehead atoms. The summed E-state index contributed by atoms with van der Waals surface area (Å²) in [5, 5.41) is 0.738. The smallest absolute Gasteiger partial charge is 0.156 e. The summed E-state index contributed by atoms with van der Waals surface area (Å²) >= 11 is 23.2. The first kappa shape index (κ1) is 18.7. The quantitative estimate of drug-likeness (QED) is 0.501. The summed E-state index contributed by atoms with van der Waals surface area (Å²) in [6.45, 7) is 1.16. The third-order valence-electron chi connectivity index (χ3n) is 2.36. The van der Waals surface area contributed by atoms with Gasteiger partial charge >= 0.3 is 0 Å². The predicted molar refractivity (Wildman–Crippen MR) is 86.6 cm³/mol. The molecule has 0 atom stereocenters. The Kier molecular flexibility index (Phi) is 9.24. The lowest BCUT2D eigenvalue weighted by Gasteiger charge is -2.12. The Bertz CT molecular complexity index is 455. The fourth-order valence-corrected chi connectivity index (χ4v) is 2.12. The lowest BCUT2D eigenvalue weighted by molar-refractivity contribution is 0.129. The Labute approximate surface area is 143 Å². The molecular weight excluding hydrogens is 360 g/mol. The zero-order valence-electron chi connectivity index (χ0n) is 11.1. The average Bonchev–Trinajstić information content (AvgIpc) is 2.40. The van der Waals surface area contributed by atoms with Gasteiger partial charge in [-0.1, -0.05) is 46.4 Å². The Morgan fingerprint density at radius 3 is 2.24 bits per heavy atom. The lowest BCUT2D eigenvalue weighted by atomic mass is 10.3. The number of unbranched alkanes of at least 4 members (excludes halogenated alkanes) is 1. The van der Waals surface area contributed by atoms with E-state index in [1.165, 1.54) is 6.08 Å². The van der Waals surface area contributed by atoms with Crippen molar-refractivity contribution in [2.24, 2.45) is 5.90 Å². The second-order valence-corrected chi connectivity index (χ2v) is 5.77. The molecule has 4 nitrogen and oxygen atoms in total. The van der Waals surface area contributed by atoms with Crippen LogP contribution in [0, 0.1) is 0 Å². The van der Waals surface area contributed by atoms with Crippen molar-refractivity contribution >= 4 is 46.4 Å². The lowest BCUT2D eigenvalue weighted by Crippen LogP contribution is -2.04. The van der Waals surface area contributed by atoms with Crippen LogP contribution in [0.25, 0.3) is 0 Å². The monoisotopic (exact) mass is 373 g/mol. The minimum Gasteiger partial charge on any atom is -0.490 e. The molecule has 0 heterocycles. The summed E-state index contributed by atoms with van der Waals surface area (Å²) in [7, 11) is 0. The minimum absolute atomic E-state index is 0.133. The Balaban J connectivity index is 2.56. The molecule has 0 aliphatic heterocycles. The number of ether oxygens (including phenoxy) is 2. The van der Waals surface area contributed by atoms with Crippen molar-refractivity contribution in [3.05, 3.63) is 32.7 Å². The first-order valence-corrected chi connectivity index (χ1v) is 7.63. The molecule has 8 heteroatoms. The molecule has 0 fully saturated rings. The molecule has 21 heavy (non-hydrogen) atoms. The fourth-order valence-electron chi connectivity index (χ4n) is 1.42. The fraction of sp³-hybridized carbons (Fsp3) is 0.385.